The van der Waals surface area contributed by atoms with Crippen LogP contribution >= 0.6 is 0 Å². The Morgan fingerprint density at radius 2 is 1.75 bits per heavy atom. The van der Waals surface area contributed by atoms with Gasteiger partial charge in [-0.15, -0.1) is 0 Å². The molecule has 0 aromatic heterocycles. The van der Waals surface area contributed by atoms with Crippen LogP contribution in [-0.2, 0) is 19.2 Å². The molecule has 0 radical (unpaired) electrons. The van der Waals surface area contributed by atoms with Crippen LogP contribution in [0, 0.1) is 10.8 Å². The molecule has 0 aromatic rings. The van der Waals surface area contributed by atoms with Gasteiger partial charge in [0, 0.05) is 21.0 Å². The van der Waals surface area contributed by atoms with Crippen molar-refractivity contribution in [2.45, 2.75) is 26.4 Å². The number of aliphatic carboxylic acids is 2. The molecular formula is C14H29N7O7. The van der Waals surface area contributed by atoms with Crippen LogP contribution in [0.3, 0.4) is 0 Å². The lowest BCUT2D eigenvalue weighted by Gasteiger charge is -2.12. The molecule has 1 atom stereocenters. The lowest BCUT2D eigenvalue weighted by molar-refractivity contribution is -0.146. The smallest absolute Gasteiger partial charge is 0.332 e. The Bertz CT molecular complexity index is 564. The first-order valence-electron chi connectivity index (χ1n) is 7.68. The van der Waals surface area contributed by atoms with E-state index in [-0.39, 0.29) is 36.7 Å². The zero-order valence-electron chi connectivity index (χ0n) is 16.2. The molecule has 0 bridgehead atoms. The van der Waals surface area contributed by atoms with Gasteiger partial charge in [-0.3, -0.25) is 30.5 Å². The first-order chi connectivity index (χ1) is 12.6. The third-order valence-corrected chi connectivity index (χ3v) is 2.48. The minimum atomic E-state index is -1.18. The summed E-state index contributed by atoms with van der Waals surface area (Å²) < 4.78 is 0. The number of hydrogen-bond acceptors (Lipinski definition) is 7. The van der Waals surface area contributed by atoms with Crippen LogP contribution in [0.25, 0.3) is 0 Å². The maximum atomic E-state index is 10.4. The largest absolute Gasteiger partial charge is 0.480 e. The van der Waals surface area contributed by atoms with E-state index in [0.717, 1.165) is 4.90 Å². The standard InChI is InChI=1S/C4H9N3O2.C4H7N3O.C4H8O3.C2H5NO/c1-7(4(5)6)2-3(8)9;1-7-2-3(8)6-4(7)5;1-2-3(5)4(6)7;1-2(3)4/h2H2,1H3,(H3,5,6)(H,8,9);2H2,1H3,(H2,5,6,8);3,5H,2H2,1H3,(H,6,7);1H3,(H2,3,4). The fraction of sp³-hybridized carbons (Fsp3) is 0.571. The van der Waals surface area contributed by atoms with Gasteiger partial charge in [0.2, 0.25) is 11.8 Å². The van der Waals surface area contributed by atoms with Crippen molar-refractivity contribution in [3.8, 4) is 0 Å². The van der Waals surface area contributed by atoms with Gasteiger partial charge in [-0.2, -0.15) is 0 Å². The number of guanidine groups is 2. The molecule has 1 saturated heterocycles. The molecule has 1 rings (SSSR count). The number of carboxylic acid groups (broad SMARTS) is 2. The molecule has 1 aliphatic rings. The molecule has 0 aliphatic carbocycles. The minimum Gasteiger partial charge on any atom is -0.480 e. The molecule has 14 nitrogen and oxygen atoms in total. The summed E-state index contributed by atoms with van der Waals surface area (Å²) in [7, 11) is 3.14. The van der Waals surface area contributed by atoms with E-state index in [0.29, 0.717) is 6.54 Å². The predicted molar refractivity (Wildman–Crippen MR) is 99.5 cm³/mol. The Labute approximate surface area is 162 Å². The average molecular weight is 407 g/mol. The Morgan fingerprint density at radius 3 is 1.82 bits per heavy atom. The number of likely N-dealkylation sites (N-methyl/N-ethyl adjacent to an activating group) is 2. The molecule has 0 aromatic carbocycles. The van der Waals surface area contributed by atoms with Crippen LogP contribution < -0.4 is 16.8 Å². The van der Waals surface area contributed by atoms with Crippen molar-refractivity contribution in [3.63, 3.8) is 0 Å². The van der Waals surface area contributed by atoms with E-state index in [1.807, 2.05) is 0 Å². The highest BCUT2D eigenvalue weighted by Gasteiger charge is 2.18. The van der Waals surface area contributed by atoms with Gasteiger partial charge in [0.1, 0.15) is 6.54 Å². The maximum absolute atomic E-state index is 10.4. The lowest BCUT2D eigenvalue weighted by Crippen LogP contribution is -2.36. The molecule has 1 aliphatic heterocycles. The number of aliphatic hydroxyl groups is 1. The van der Waals surface area contributed by atoms with Crippen molar-refractivity contribution in [2.75, 3.05) is 27.2 Å². The van der Waals surface area contributed by atoms with E-state index in [1.165, 1.54) is 14.0 Å². The second-order valence-corrected chi connectivity index (χ2v) is 5.26. The Morgan fingerprint density at radius 1 is 1.32 bits per heavy atom. The summed E-state index contributed by atoms with van der Waals surface area (Å²) in [5.74, 6) is -2.62. The average Bonchev–Trinajstić information content (AvgIpc) is 2.82. The van der Waals surface area contributed by atoms with Crippen molar-refractivity contribution >= 4 is 35.7 Å². The molecule has 28 heavy (non-hydrogen) atoms. The van der Waals surface area contributed by atoms with Gasteiger partial charge in [-0.05, 0) is 6.42 Å². The summed E-state index contributed by atoms with van der Waals surface area (Å²) in [5.41, 5.74) is 9.40. The molecule has 0 saturated carbocycles. The van der Waals surface area contributed by atoms with Crippen LogP contribution in [0.1, 0.15) is 20.3 Å². The molecule has 162 valence electrons. The molecule has 1 unspecified atom stereocenters. The number of hydrogen-bond donors (Lipinski definition) is 8. The zero-order valence-corrected chi connectivity index (χ0v) is 16.2. The SMILES string of the molecule is CC(N)=O.CCC(O)C(=O)O.CN(CC(=O)O)C(=N)N.CN1CC(=O)NC1=N. The summed E-state index contributed by atoms with van der Waals surface area (Å²) in [6, 6.07) is 0. The number of aliphatic hydroxyl groups excluding tert-OH is 1. The molecule has 1 heterocycles. The summed E-state index contributed by atoms with van der Waals surface area (Å²) >= 11 is 0. The number of carbonyl (C=O) groups is 4. The van der Waals surface area contributed by atoms with Crippen molar-refractivity contribution in [1.29, 1.82) is 10.8 Å². The number of primary amides is 1. The van der Waals surface area contributed by atoms with Gasteiger partial charge in [0.15, 0.2) is 18.0 Å². The van der Waals surface area contributed by atoms with Gasteiger partial charge in [0.05, 0.1) is 6.54 Å². The van der Waals surface area contributed by atoms with Crippen molar-refractivity contribution in [1.82, 2.24) is 15.1 Å². The normalized spacial score (nSPS) is 12.5. The van der Waals surface area contributed by atoms with Gasteiger partial charge in [-0.25, -0.2) is 4.79 Å². The third-order valence-electron chi connectivity index (χ3n) is 2.48. The Kier molecular flexibility index (Phi) is 16.6. The van der Waals surface area contributed by atoms with Crippen molar-refractivity contribution in [3.05, 3.63) is 0 Å². The number of carbonyl (C=O) groups excluding carboxylic acids is 2. The van der Waals surface area contributed by atoms with E-state index in [1.54, 1.807) is 18.9 Å². The van der Waals surface area contributed by atoms with E-state index in [9.17, 15) is 19.2 Å². The summed E-state index contributed by atoms with van der Waals surface area (Å²) in [6.07, 6.45) is -0.907. The lowest BCUT2D eigenvalue weighted by atomic mass is 10.3. The molecule has 10 N–H and O–H groups in total. The summed E-state index contributed by atoms with van der Waals surface area (Å²) in [4.78, 5) is 41.9. The summed E-state index contributed by atoms with van der Waals surface area (Å²) in [6.45, 7) is 3.01. The first kappa shape index (κ1) is 29.3. The van der Waals surface area contributed by atoms with Gasteiger partial charge in [-0.1, -0.05) is 6.92 Å². The fourth-order valence-corrected chi connectivity index (χ4v) is 1.02. The number of nitrogens with zero attached hydrogens (tertiary/aromatic N) is 2. The van der Waals surface area contributed by atoms with E-state index in [4.69, 9.17) is 31.9 Å². The van der Waals surface area contributed by atoms with E-state index in [2.05, 4.69) is 11.1 Å². The monoisotopic (exact) mass is 407 g/mol. The number of carboxylic acids is 2. The van der Waals surface area contributed by atoms with Crippen LogP contribution in [0.15, 0.2) is 0 Å². The maximum Gasteiger partial charge on any atom is 0.332 e. The fourth-order valence-electron chi connectivity index (χ4n) is 1.02. The van der Waals surface area contributed by atoms with E-state index < -0.39 is 18.0 Å². The van der Waals surface area contributed by atoms with Crippen LogP contribution in [-0.4, -0.2) is 94.1 Å². The Balaban J connectivity index is -0.000000308. The van der Waals surface area contributed by atoms with Gasteiger partial charge in [0.25, 0.3) is 0 Å². The quantitative estimate of drug-likeness (QED) is 0.176. The zero-order chi connectivity index (χ0) is 23.0. The van der Waals surface area contributed by atoms with Crippen LogP contribution in [0.4, 0.5) is 0 Å². The number of nitrogens with one attached hydrogen (secondary N) is 3. The van der Waals surface area contributed by atoms with Crippen LogP contribution in [0.2, 0.25) is 0 Å². The third kappa shape index (κ3) is 20.6. The highest BCUT2D eigenvalue weighted by Crippen LogP contribution is 1.89. The molecule has 14 heteroatoms. The van der Waals surface area contributed by atoms with Crippen LogP contribution in [0.5, 0.6) is 0 Å². The second kappa shape index (κ2) is 15.8. The van der Waals surface area contributed by atoms with Crippen molar-refractivity contribution in [2.24, 2.45) is 11.5 Å². The molecule has 1 fully saturated rings. The minimum absolute atomic E-state index is 0.0995. The topological polar surface area (TPSA) is 247 Å². The highest BCUT2D eigenvalue weighted by molar-refractivity contribution is 6.02. The molecular weight excluding hydrogens is 378 g/mol. The molecule has 0 spiro atoms. The van der Waals surface area contributed by atoms with Crippen molar-refractivity contribution < 1.29 is 34.5 Å². The van der Waals surface area contributed by atoms with E-state index >= 15 is 0 Å². The number of nitrogens with two attached hydrogens (primary N) is 2. The Hall–Kier alpha value is -3.42. The first-order valence-corrected chi connectivity index (χ1v) is 7.68. The second-order valence-electron chi connectivity index (χ2n) is 5.26. The van der Waals surface area contributed by atoms with Gasteiger partial charge >= 0.3 is 11.9 Å². The number of rotatable bonds is 4. The van der Waals surface area contributed by atoms with Gasteiger partial charge < -0.3 is 36.6 Å². The number of amides is 2. The predicted octanol–water partition coefficient (Wildman–Crippen LogP) is -2.79. The highest BCUT2D eigenvalue weighted by atomic mass is 16.4. The molecule has 2 amide bonds. The summed E-state index contributed by atoms with van der Waals surface area (Å²) in [5, 5.41) is 40.5.